The molecule has 1 aliphatic heterocycles. The first-order chi connectivity index (χ1) is 8.89. The number of likely N-dealkylation sites (N-methyl/N-ethyl adjacent to an activating group) is 1. The molecule has 2 atom stereocenters. The maximum Gasteiger partial charge on any atom is 0.150 e. The zero-order valence-corrected chi connectivity index (χ0v) is 12.8. The van der Waals surface area contributed by atoms with Crippen LogP contribution in [0.3, 0.4) is 0 Å². The molecule has 106 valence electrons. The van der Waals surface area contributed by atoms with Gasteiger partial charge in [0.2, 0.25) is 0 Å². The molecule has 1 aliphatic rings. The van der Waals surface area contributed by atoms with E-state index < -0.39 is 9.84 Å². The number of rotatable bonds is 4. The summed E-state index contributed by atoms with van der Waals surface area (Å²) in [4.78, 5) is 0. The highest BCUT2D eigenvalue weighted by atomic mass is 32.2. The molecule has 2 rings (SSSR count). The molecule has 3 nitrogen and oxygen atoms in total. The molecule has 1 heterocycles. The van der Waals surface area contributed by atoms with Crippen molar-refractivity contribution in [2.75, 3.05) is 18.6 Å². The lowest BCUT2D eigenvalue weighted by molar-refractivity contribution is 0.403. The summed E-state index contributed by atoms with van der Waals surface area (Å²) >= 11 is 0. The Morgan fingerprint density at radius 2 is 1.89 bits per heavy atom. The first kappa shape index (κ1) is 14.5. The molecule has 0 amide bonds. The van der Waals surface area contributed by atoms with Crippen LogP contribution in [-0.4, -0.2) is 33.0 Å². The highest BCUT2D eigenvalue weighted by molar-refractivity contribution is 7.91. The first-order valence-electron chi connectivity index (χ1n) is 6.84. The molecular formula is C15H23NO2S. The average Bonchev–Trinajstić information content (AvgIpc) is 2.65. The van der Waals surface area contributed by atoms with E-state index in [1.54, 1.807) is 0 Å². The molecule has 1 N–H and O–H groups in total. The number of hydrogen-bond acceptors (Lipinski definition) is 3. The molecule has 19 heavy (non-hydrogen) atoms. The third-order valence-corrected chi connectivity index (χ3v) is 5.74. The maximum absolute atomic E-state index is 11.6. The van der Waals surface area contributed by atoms with Crippen LogP contribution in [0.15, 0.2) is 18.2 Å². The number of hydrogen-bond donors (Lipinski definition) is 1. The van der Waals surface area contributed by atoms with Gasteiger partial charge in [0.15, 0.2) is 9.84 Å². The number of aryl methyl sites for hydroxylation is 2. The fourth-order valence-corrected chi connectivity index (χ4v) is 4.97. The molecule has 0 spiro atoms. The van der Waals surface area contributed by atoms with Crippen LogP contribution in [0.25, 0.3) is 0 Å². The summed E-state index contributed by atoms with van der Waals surface area (Å²) in [5.41, 5.74) is 3.83. The van der Waals surface area contributed by atoms with Crippen LogP contribution in [0.5, 0.6) is 0 Å². The Morgan fingerprint density at radius 3 is 2.37 bits per heavy atom. The summed E-state index contributed by atoms with van der Waals surface area (Å²) in [7, 11) is -0.870. The van der Waals surface area contributed by atoms with Crippen molar-refractivity contribution in [2.24, 2.45) is 5.92 Å². The van der Waals surface area contributed by atoms with E-state index in [9.17, 15) is 8.42 Å². The van der Waals surface area contributed by atoms with Gasteiger partial charge in [-0.2, -0.15) is 0 Å². The molecule has 1 aromatic carbocycles. The third kappa shape index (κ3) is 3.80. The normalized spacial score (nSPS) is 23.4. The molecular weight excluding hydrogens is 258 g/mol. The Morgan fingerprint density at radius 1 is 1.26 bits per heavy atom. The fourth-order valence-electron chi connectivity index (χ4n) is 3.09. The number of nitrogens with one attached hydrogen (secondary N) is 1. The predicted octanol–water partition coefficient (Wildman–Crippen LogP) is 1.87. The van der Waals surface area contributed by atoms with Crippen molar-refractivity contribution in [3.63, 3.8) is 0 Å². The van der Waals surface area contributed by atoms with Crippen molar-refractivity contribution < 1.29 is 8.42 Å². The van der Waals surface area contributed by atoms with Gasteiger partial charge in [-0.1, -0.05) is 29.3 Å². The summed E-state index contributed by atoms with van der Waals surface area (Å²) in [5.74, 6) is 0.933. The van der Waals surface area contributed by atoms with E-state index >= 15 is 0 Å². The minimum atomic E-state index is -2.80. The van der Waals surface area contributed by atoms with Crippen molar-refractivity contribution >= 4 is 9.84 Å². The van der Waals surface area contributed by atoms with Crippen LogP contribution in [-0.2, 0) is 16.3 Å². The van der Waals surface area contributed by atoms with E-state index in [-0.39, 0.29) is 12.0 Å². The van der Waals surface area contributed by atoms with Gasteiger partial charge in [-0.05, 0) is 45.2 Å². The maximum atomic E-state index is 11.6. The van der Waals surface area contributed by atoms with Gasteiger partial charge < -0.3 is 5.32 Å². The summed E-state index contributed by atoms with van der Waals surface area (Å²) in [6.07, 6.45) is 1.69. The van der Waals surface area contributed by atoms with Crippen LogP contribution < -0.4 is 5.32 Å². The lowest BCUT2D eigenvalue weighted by atomic mass is 9.92. The van der Waals surface area contributed by atoms with E-state index in [0.29, 0.717) is 11.5 Å². The second-order valence-electron chi connectivity index (χ2n) is 5.76. The van der Waals surface area contributed by atoms with Crippen molar-refractivity contribution in [3.05, 3.63) is 34.9 Å². The van der Waals surface area contributed by atoms with Crippen LogP contribution in [0.4, 0.5) is 0 Å². The summed E-state index contributed by atoms with van der Waals surface area (Å²) in [5, 5.41) is 3.30. The average molecular weight is 281 g/mol. The summed E-state index contributed by atoms with van der Waals surface area (Å²) in [6.45, 7) is 4.20. The Hall–Kier alpha value is -0.870. The van der Waals surface area contributed by atoms with Crippen molar-refractivity contribution in [3.8, 4) is 0 Å². The van der Waals surface area contributed by atoms with Gasteiger partial charge >= 0.3 is 0 Å². The van der Waals surface area contributed by atoms with Crippen molar-refractivity contribution in [2.45, 2.75) is 32.7 Å². The number of sulfone groups is 1. The minimum absolute atomic E-state index is 0.246. The van der Waals surface area contributed by atoms with E-state index in [4.69, 9.17) is 0 Å². The Balaban J connectivity index is 2.11. The smallest absolute Gasteiger partial charge is 0.150 e. The zero-order chi connectivity index (χ0) is 14.0. The number of benzene rings is 1. The summed E-state index contributed by atoms with van der Waals surface area (Å²) < 4.78 is 23.2. The fraction of sp³-hybridized carbons (Fsp3) is 0.600. The monoisotopic (exact) mass is 281 g/mol. The molecule has 0 saturated carbocycles. The van der Waals surface area contributed by atoms with Crippen molar-refractivity contribution in [1.82, 2.24) is 5.32 Å². The molecule has 1 saturated heterocycles. The van der Waals surface area contributed by atoms with Gasteiger partial charge in [0, 0.05) is 6.04 Å². The Kier molecular flexibility index (Phi) is 4.31. The predicted molar refractivity (Wildman–Crippen MR) is 79.2 cm³/mol. The van der Waals surface area contributed by atoms with Gasteiger partial charge in [0.05, 0.1) is 11.5 Å². The largest absolute Gasteiger partial charge is 0.316 e. The molecule has 0 aromatic heterocycles. The van der Waals surface area contributed by atoms with E-state index in [1.807, 2.05) is 7.05 Å². The Bertz CT molecular complexity index is 531. The topological polar surface area (TPSA) is 46.2 Å². The van der Waals surface area contributed by atoms with Gasteiger partial charge in [0.1, 0.15) is 0 Å². The van der Waals surface area contributed by atoms with Gasteiger partial charge in [0.25, 0.3) is 0 Å². The molecule has 1 fully saturated rings. The highest BCUT2D eigenvalue weighted by Crippen LogP contribution is 2.24. The van der Waals surface area contributed by atoms with Crippen LogP contribution in [0, 0.1) is 19.8 Å². The second kappa shape index (κ2) is 5.63. The molecule has 0 radical (unpaired) electrons. The van der Waals surface area contributed by atoms with Crippen molar-refractivity contribution in [1.29, 1.82) is 0 Å². The summed E-state index contributed by atoms with van der Waals surface area (Å²) in [6, 6.07) is 6.80. The molecule has 4 heteroatoms. The molecule has 0 aliphatic carbocycles. The highest BCUT2D eigenvalue weighted by Gasteiger charge is 2.32. The Labute approximate surface area is 116 Å². The SMILES string of the molecule is CNC(Cc1cc(C)cc(C)c1)C1CCS(=O)(=O)C1. The lowest BCUT2D eigenvalue weighted by Gasteiger charge is -2.22. The molecule has 0 bridgehead atoms. The second-order valence-corrected chi connectivity index (χ2v) is 7.99. The minimum Gasteiger partial charge on any atom is -0.316 e. The molecule has 2 unspecified atom stereocenters. The quantitative estimate of drug-likeness (QED) is 0.916. The van der Waals surface area contributed by atoms with Gasteiger partial charge in [-0.3, -0.25) is 0 Å². The molecule has 1 aromatic rings. The van der Waals surface area contributed by atoms with Gasteiger partial charge in [-0.15, -0.1) is 0 Å². The lowest BCUT2D eigenvalue weighted by Crippen LogP contribution is -2.36. The van der Waals surface area contributed by atoms with Crippen LogP contribution in [0.2, 0.25) is 0 Å². The van der Waals surface area contributed by atoms with E-state index in [1.165, 1.54) is 16.7 Å². The van der Waals surface area contributed by atoms with Gasteiger partial charge in [-0.25, -0.2) is 8.42 Å². The van der Waals surface area contributed by atoms with Crippen LogP contribution >= 0.6 is 0 Å². The third-order valence-electron chi connectivity index (χ3n) is 3.94. The van der Waals surface area contributed by atoms with E-state index in [0.717, 1.165) is 12.8 Å². The zero-order valence-electron chi connectivity index (χ0n) is 11.9. The standard InChI is InChI=1S/C15H23NO2S/c1-11-6-12(2)8-13(7-11)9-15(16-3)14-4-5-19(17,18)10-14/h6-8,14-16H,4-5,9-10H2,1-3H3. The first-order valence-corrected chi connectivity index (χ1v) is 8.66. The van der Waals surface area contributed by atoms with E-state index in [2.05, 4.69) is 37.4 Å². The van der Waals surface area contributed by atoms with Crippen LogP contribution in [0.1, 0.15) is 23.1 Å².